The number of nitrogens with zero attached hydrogens (tertiary/aromatic N) is 2. The Kier molecular flexibility index (Phi) is 4.72. The van der Waals surface area contributed by atoms with Gasteiger partial charge >= 0.3 is 0 Å². The summed E-state index contributed by atoms with van der Waals surface area (Å²) < 4.78 is 0. The molecule has 3 rings (SSSR count). The van der Waals surface area contributed by atoms with Gasteiger partial charge in [0.1, 0.15) is 5.75 Å². The average molecular weight is 412 g/mol. The van der Waals surface area contributed by atoms with E-state index >= 15 is 0 Å². The van der Waals surface area contributed by atoms with Gasteiger partial charge in [-0.1, -0.05) is 12.1 Å². The summed E-state index contributed by atoms with van der Waals surface area (Å²) >= 11 is 0. The van der Waals surface area contributed by atoms with E-state index in [2.05, 4.69) is 0 Å². The smallest absolute Gasteiger partial charge is 0.261 e. The van der Waals surface area contributed by atoms with Crippen molar-refractivity contribution in [1.82, 2.24) is 9.80 Å². The standard InChI is InChI=1S/C16H16N2O3.HI/c1-17(2)8-9-18-15(20)11-5-3-4-10-13(19)7-6-12(14(10)11)16(18)21;/h3-7,19H,8-9H2,1-2H3;1H. The van der Waals surface area contributed by atoms with Gasteiger partial charge in [0, 0.05) is 35.0 Å². The molecule has 0 bridgehead atoms. The molecule has 6 heteroatoms. The van der Waals surface area contributed by atoms with Crippen molar-refractivity contribution in [2.45, 2.75) is 0 Å². The van der Waals surface area contributed by atoms with E-state index < -0.39 is 0 Å². The fourth-order valence-electron chi connectivity index (χ4n) is 2.63. The summed E-state index contributed by atoms with van der Waals surface area (Å²) in [5.41, 5.74) is 0.938. The lowest BCUT2D eigenvalue weighted by Crippen LogP contribution is -2.43. The van der Waals surface area contributed by atoms with Gasteiger partial charge in [-0.3, -0.25) is 14.5 Å². The van der Waals surface area contributed by atoms with Crippen LogP contribution in [0.3, 0.4) is 0 Å². The number of rotatable bonds is 3. The summed E-state index contributed by atoms with van der Waals surface area (Å²) in [6, 6.07) is 8.22. The van der Waals surface area contributed by atoms with E-state index in [-0.39, 0.29) is 41.5 Å². The van der Waals surface area contributed by atoms with Gasteiger partial charge in [-0.15, -0.1) is 24.0 Å². The Balaban J connectivity index is 0.00000176. The Labute approximate surface area is 145 Å². The summed E-state index contributed by atoms with van der Waals surface area (Å²) in [6.45, 7) is 0.961. The summed E-state index contributed by atoms with van der Waals surface area (Å²) in [7, 11) is 3.79. The van der Waals surface area contributed by atoms with E-state index in [1.54, 1.807) is 24.3 Å². The van der Waals surface area contributed by atoms with E-state index in [1.165, 1.54) is 11.0 Å². The first-order chi connectivity index (χ1) is 10.0. The molecule has 1 aliphatic heterocycles. The number of imide groups is 1. The molecule has 0 spiro atoms. The molecule has 0 saturated heterocycles. The Bertz CT molecular complexity index is 736. The highest BCUT2D eigenvalue weighted by atomic mass is 127. The van der Waals surface area contributed by atoms with Crippen LogP contribution in [0.5, 0.6) is 5.75 Å². The predicted octanol–water partition coefficient (Wildman–Crippen LogP) is 2.32. The predicted molar refractivity (Wildman–Crippen MR) is 94.9 cm³/mol. The molecule has 0 atom stereocenters. The summed E-state index contributed by atoms with van der Waals surface area (Å²) in [4.78, 5) is 28.3. The lowest BCUT2D eigenvalue weighted by atomic mass is 9.93. The first-order valence-electron chi connectivity index (χ1n) is 6.76. The molecule has 0 radical (unpaired) electrons. The van der Waals surface area contributed by atoms with Crippen molar-refractivity contribution in [3.63, 3.8) is 0 Å². The molecule has 0 aliphatic carbocycles. The fourth-order valence-corrected chi connectivity index (χ4v) is 2.63. The van der Waals surface area contributed by atoms with Gasteiger partial charge in [0.05, 0.1) is 0 Å². The number of hydrogen-bond donors (Lipinski definition) is 1. The Morgan fingerprint density at radius 1 is 1.05 bits per heavy atom. The molecule has 0 unspecified atom stereocenters. The van der Waals surface area contributed by atoms with Crippen molar-refractivity contribution in [2.75, 3.05) is 27.2 Å². The molecule has 5 nitrogen and oxygen atoms in total. The van der Waals surface area contributed by atoms with Gasteiger partial charge in [-0.25, -0.2) is 0 Å². The highest BCUT2D eigenvalue weighted by Crippen LogP contribution is 2.34. The Morgan fingerprint density at radius 2 is 1.68 bits per heavy atom. The Morgan fingerprint density at radius 3 is 2.32 bits per heavy atom. The number of benzene rings is 2. The van der Waals surface area contributed by atoms with Crippen molar-refractivity contribution in [3.8, 4) is 5.75 Å². The average Bonchev–Trinajstić information content (AvgIpc) is 2.45. The molecule has 116 valence electrons. The first-order valence-corrected chi connectivity index (χ1v) is 6.76. The van der Waals surface area contributed by atoms with E-state index in [0.29, 0.717) is 35.0 Å². The number of amides is 2. The zero-order valence-corrected chi connectivity index (χ0v) is 14.7. The van der Waals surface area contributed by atoms with Crippen LogP contribution < -0.4 is 0 Å². The van der Waals surface area contributed by atoms with Gasteiger partial charge in [0.25, 0.3) is 11.8 Å². The number of phenols is 1. The normalized spacial score (nSPS) is 13.7. The zero-order valence-electron chi connectivity index (χ0n) is 12.4. The molecule has 0 aromatic heterocycles. The fraction of sp³-hybridized carbons (Fsp3) is 0.250. The minimum absolute atomic E-state index is 0. The van der Waals surface area contributed by atoms with Crippen LogP contribution in [0, 0.1) is 0 Å². The van der Waals surface area contributed by atoms with Gasteiger partial charge in [0.2, 0.25) is 0 Å². The molecule has 2 aromatic rings. The number of carbonyl (C=O) groups excluding carboxylic acids is 2. The number of phenolic OH excluding ortho intramolecular Hbond substituents is 1. The second-order valence-corrected chi connectivity index (χ2v) is 5.43. The molecule has 2 amide bonds. The van der Waals surface area contributed by atoms with Crippen molar-refractivity contribution in [1.29, 1.82) is 0 Å². The van der Waals surface area contributed by atoms with E-state index in [9.17, 15) is 14.7 Å². The van der Waals surface area contributed by atoms with Crippen LogP contribution in [0.25, 0.3) is 10.8 Å². The topological polar surface area (TPSA) is 60.9 Å². The quantitative estimate of drug-likeness (QED) is 0.621. The Hall–Kier alpha value is -1.67. The largest absolute Gasteiger partial charge is 0.507 e. The number of hydrogen-bond acceptors (Lipinski definition) is 4. The van der Waals surface area contributed by atoms with Gasteiger partial charge in [-0.2, -0.15) is 0 Å². The number of halogens is 1. The minimum atomic E-state index is -0.300. The third kappa shape index (κ3) is 2.56. The van der Waals surface area contributed by atoms with Gasteiger partial charge in [0.15, 0.2) is 0 Å². The van der Waals surface area contributed by atoms with Gasteiger partial charge in [-0.05, 0) is 32.3 Å². The minimum Gasteiger partial charge on any atom is -0.507 e. The van der Waals surface area contributed by atoms with Crippen LogP contribution >= 0.6 is 24.0 Å². The van der Waals surface area contributed by atoms with Gasteiger partial charge < -0.3 is 10.0 Å². The molecule has 1 aliphatic rings. The van der Waals surface area contributed by atoms with Crippen LogP contribution in [-0.4, -0.2) is 53.9 Å². The van der Waals surface area contributed by atoms with E-state index in [4.69, 9.17) is 0 Å². The molecular formula is C16H17IN2O3. The maximum absolute atomic E-state index is 12.5. The maximum Gasteiger partial charge on any atom is 0.261 e. The molecule has 0 fully saturated rings. The maximum atomic E-state index is 12.5. The highest BCUT2D eigenvalue weighted by Gasteiger charge is 2.32. The lowest BCUT2D eigenvalue weighted by molar-refractivity contribution is 0.0601. The first kappa shape index (κ1) is 16.7. The summed E-state index contributed by atoms with van der Waals surface area (Å²) in [5, 5.41) is 11.0. The molecule has 1 N–H and O–H groups in total. The van der Waals surface area contributed by atoms with E-state index in [1.807, 2.05) is 19.0 Å². The lowest BCUT2D eigenvalue weighted by Gasteiger charge is -2.28. The third-order valence-electron chi connectivity index (χ3n) is 3.74. The number of likely N-dealkylation sites (N-methyl/N-ethyl adjacent to an activating group) is 1. The molecule has 0 saturated carbocycles. The second-order valence-electron chi connectivity index (χ2n) is 5.43. The van der Waals surface area contributed by atoms with Crippen molar-refractivity contribution < 1.29 is 14.7 Å². The molecule has 22 heavy (non-hydrogen) atoms. The summed E-state index contributed by atoms with van der Waals surface area (Å²) in [6.07, 6.45) is 0. The third-order valence-corrected chi connectivity index (χ3v) is 3.74. The molecular weight excluding hydrogens is 395 g/mol. The second kappa shape index (κ2) is 6.21. The highest BCUT2D eigenvalue weighted by molar-refractivity contribution is 14.0. The van der Waals surface area contributed by atoms with Crippen LogP contribution in [0.15, 0.2) is 30.3 Å². The number of carbonyl (C=O) groups is 2. The van der Waals surface area contributed by atoms with Crippen LogP contribution in [-0.2, 0) is 0 Å². The van der Waals surface area contributed by atoms with Crippen molar-refractivity contribution in [2.24, 2.45) is 0 Å². The molecule has 1 heterocycles. The van der Waals surface area contributed by atoms with Crippen LogP contribution in [0.1, 0.15) is 20.7 Å². The zero-order chi connectivity index (χ0) is 15.1. The molecule has 2 aromatic carbocycles. The van der Waals surface area contributed by atoms with Crippen LogP contribution in [0.4, 0.5) is 0 Å². The SMILES string of the molecule is CN(C)CCN1C(=O)c2cccc3c(O)ccc(c23)C1=O.I. The van der Waals surface area contributed by atoms with Crippen molar-refractivity contribution >= 4 is 46.6 Å². The summed E-state index contributed by atoms with van der Waals surface area (Å²) in [5.74, 6) is -0.519. The van der Waals surface area contributed by atoms with E-state index in [0.717, 1.165) is 0 Å². The van der Waals surface area contributed by atoms with Crippen LogP contribution in [0.2, 0.25) is 0 Å². The number of aromatic hydroxyl groups is 1. The van der Waals surface area contributed by atoms with Crippen molar-refractivity contribution in [3.05, 3.63) is 41.5 Å². The monoisotopic (exact) mass is 412 g/mol.